The first kappa shape index (κ1) is 19.2. The Kier molecular flexibility index (Phi) is 6.01. The van der Waals surface area contributed by atoms with Gasteiger partial charge >= 0.3 is 6.09 Å². The van der Waals surface area contributed by atoms with E-state index in [9.17, 15) is 14.7 Å². The Hall–Kier alpha value is -2.14. The average molecular weight is 345 g/mol. The lowest BCUT2D eigenvalue weighted by Crippen LogP contribution is -2.54. The summed E-state index contributed by atoms with van der Waals surface area (Å²) in [5, 5.41) is 10.4. The number of aliphatic hydroxyl groups is 1. The summed E-state index contributed by atoms with van der Waals surface area (Å²) in [7, 11) is 0. The molecule has 0 bridgehead atoms. The van der Waals surface area contributed by atoms with Crippen molar-refractivity contribution in [1.29, 1.82) is 0 Å². The molecule has 2 rings (SSSR count). The fourth-order valence-electron chi connectivity index (χ4n) is 2.89. The van der Waals surface area contributed by atoms with E-state index in [1.807, 2.05) is 36.4 Å². The minimum atomic E-state index is -0.865. The van der Waals surface area contributed by atoms with Crippen LogP contribution >= 0.6 is 0 Å². The first-order chi connectivity index (χ1) is 11.7. The second-order valence-corrected chi connectivity index (χ2v) is 7.41. The van der Waals surface area contributed by atoms with E-state index in [0.29, 0.717) is 13.0 Å². The number of piperidine rings is 1. The number of nitrogens with zero attached hydrogens (tertiary/aromatic N) is 1. The second kappa shape index (κ2) is 7.83. The maximum absolute atomic E-state index is 12.6. The van der Waals surface area contributed by atoms with E-state index in [0.717, 1.165) is 5.56 Å². The molecule has 1 amide bonds. The van der Waals surface area contributed by atoms with Crippen molar-refractivity contribution in [2.24, 2.45) is 5.92 Å². The van der Waals surface area contributed by atoms with Gasteiger partial charge in [0.15, 0.2) is 5.78 Å². The van der Waals surface area contributed by atoms with Crippen LogP contribution in [-0.2, 0) is 9.53 Å². The Balaban J connectivity index is 2.01. The molecule has 0 radical (unpaired) electrons. The standard InChI is InChI=1S/C20H27NO4/c1-14-18(23)16(12-13-21(14)19(24)25-20(2,3)4)17(22)11-10-15-8-6-5-7-9-15/h5-11,14,16-17,22H,12-13H2,1-4H3. The van der Waals surface area contributed by atoms with Gasteiger partial charge in [0.05, 0.1) is 18.1 Å². The van der Waals surface area contributed by atoms with Crippen LogP contribution in [0.15, 0.2) is 36.4 Å². The summed E-state index contributed by atoms with van der Waals surface area (Å²) in [6, 6.07) is 9.01. The number of amides is 1. The molecule has 5 heteroatoms. The number of carbonyl (C=O) groups is 2. The van der Waals surface area contributed by atoms with Gasteiger partial charge in [-0.2, -0.15) is 0 Å². The van der Waals surface area contributed by atoms with Crippen molar-refractivity contribution in [2.45, 2.75) is 51.9 Å². The molecular formula is C20H27NO4. The molecule has 0 spiro atoms. The van der Waals surface area contributed by atoms with Gasteiger partial charge in [-0.15, -0.1) is 0 Å². The topological polar surface area (TPSA) is 66.8 Å². The molecule has 0 aromatic heterocycles. The summed E-state index contributed by atoms with van der Waals surface area (Å²) in [5.74, 6) is -0.643. The number of ether oxygens (including phenoxy) is 1. The number of benzene rings is 1. The maximum Gasteiger partial charge on any atom is 0.410 e. The van der Waals surface area contributed by atoms with Gasteiger partial charge in [-0.25, -0.2) is 4.79 Å². The number of hydrogen-bond acceptors (Lipinski definition) is 4. The van der Waals surface area contributed by atoms with Crippen LogP contribution in [0.5, 0.6) is 0 Å². The lowest BCUT2D eigenvalue weighted by molar-refractivity contribution is -0.134. The zero-order chi connectivity index (χ0) is 18.6. The molecule has 1 saturated heterocycles. The predicted molar refractivity (Wildman–Crippen MR) is 97.0 cm³/mol. The summed E-state index contributed by atoms with van der Waals surface area (Å²) in [6.07, 6.45) is 2.52. The first-order valence-corrected chi connectivity index (χ1v) is 8.64. The third-order valence-electron chi connectivity index (χ3n) is 4.25. The summed E-state index contributed by atoms with van der Waals surface area (Å²) in [4.78, 5) is 26.3. The van der Waals surface area contributed by atoms with E-state index in [1.54, 1.807) is 33.8 Å². The van der Waals surface area contributed by atoms with Crippen LogP contribution in [0.3, 0.4) is 0 Å². The average Bonchev–Trinajstić information content (AvgIpc) is 2.54. The molecular weight excluding hydrogens is 318 g/mol. The molecule has 1 heterocycles. The minimum absolute atomic E-state index is 0.137. The molecule has 1 aliphatic heterocycles. The Morgan fingerprint density at radius 1 is 1.32 bits per heavy atom. The molecule has 136 valence electrons. The SMILES string of the molecule is CC1C(=O)C(C(O)C=Cc2ccccc2)CCN1C(=O)OC(C)(C)C. The monoisotopic (exact) mass is 345 g/mol. The van der Waals surface area contributed by atoms with Gasteiger partial charge in [-0.05, 0) is 39.7 Å². The first-order valence-electron chi connectivity index (χ1n) is 8.64. The predicted octanol–water partition coefficient (Wildman–Crippen LogP) is 3.28. The molecule has 3 atom stereocenters. The lowest BCUT2D eigenvalue weighted by Gasteiger charge is -2.38. The molecule has 0 aliphatic carbocycles. The van der Waals surface area contributed by atoms with Gasteiger partial charge in [-0.1, -0.05) is 42.5 Å². The second-order valence-electron chi connectivity index (χ2n) is 7.41. The van der Waals surface area contributed by atoms with E-state index in [4.69, 9.17) is 4.74 Å². The minimum Gasteiger partial charge on any atom is -0.444 e. The largest absolute Gasteiger partial charge is 0.444 e. The Bertz CT molecular complexity index is 633. The highest BCUT2D eigenvalue weighted by molar-refractivity contribution is 5.90. The third-order valence-corrected chi connectivity index (χ3v) is 4.25. The maximum atomic E-state index is 12.6. The van der Waals surface area contributed by atoms with Crippen molar-refractivity contribution >= 4 is 18.0 Å². The van der Waals surface area contributed by atoms with Crippen LogP contribution in [0.25, 0.3) is 6.08 Å². The highest BCUT2D eigenvalue weighted by Gasteiger charge is 2.40. The number of rotatable bonds is 3. The highest BCUT2D eigenvalue weighted by atomic mass is 16.6. The van der Waals surface area contributed by atoms with Gasteiger partial charge in [-0.3, -0.25) is 9.69 Å². The molecule has 5 nitrogen and oxygen atoms in total. The van der Waals surface area contributed by atoms with Crippen LogP contribution in [0.4, 0.5) is 4.79 Å². The van der Waals surface area contributed by atoms with Crippen LogP contribution < -0.4 is 0 Å². The number of hydrogen-bond donors (Lipinski definition) is 1. The summed E-state index contributed by atoms with van der Waals surface area (Å²) in [6.45, 7) is 7.46. The van der Waals surface area contributed by atoms with Gasteiger partial charge in [0.2, 0.25) is 0 Å². The zero-order valence-corrected chi connectivity index (χ0v) is 15.3. The van der Waals surface area contributed by atoms with E-state index >= 15 is 0 Å². The molecule has 1 fully saturated rings. The van der Waals surface area contributed by atoms with Crippen molar-refractivity contribution in [3.05, 3.63) is 42.0 Å². The van der Waals surface area contributed by atoms with Gasteiger partial charge in [0.1, 0.15) is 5.60 Å². The van der Waals surface area contributed by atoms with E-state index in [-0.39, 0.29) is 5.78 Å². The molecule has 1 aromatic rings. The Labute approximate surface area is 149 Å². The third kappa shape index (κ3) is 5.16. The van der Waals surface area contributed by atoms with Crippen molar-refractivity contribution in [1.82, 2.24) is 4.90 Å². The van der Waals surface area contributed by atoms with Gasteiger partial charge < -0.3 is 9.84 Å². The quantitative estimate of drug-likeness (QED) is 0.913. The number of ketones is 1. The number of Topliss-reactive ketones (excluding diaryl/α,β-unsaturated/α-hetero) is 1. The van der Waals surface area contributed by atoms with Gasteiger partial charge in [0.25, 0.3) is 0 Å². The van der Waals surface area contributed by atoms with Crippen molar-refractivity contribution < 1.29 is 19.4 Å². The molecule has 1 aliphatic rings. The van der Waals surface area contributed by atoms with Gasteiger partial charge in [0, 0.05) is 6.54 Å². The summed E-state index contributed by atoms with van der Waals surface area (Å²) >= 11 is 0. The molecule has 25 heavy (non-hydrogen) atoms. The van der Waals surface area contributed by atoms with E-state index in [2.05, 4.69) is 0 Å². The number of aliphatic hydroxyl groups excluding tert-OH is 1. The molecule has 1 aromatic carbocycles. The Morgan fingerprint density at radius 3 is 2.56 bits per heavy atom. The smallest absolute Gasteiger partial charge is 0.410 e. The summed E-state index contributed by atoms with van der Waals surface area (Å²) in [5.41, 5.74) is 0.363. The zero-order valence-electron chi connectivity index (χ0n) is 15.3. The van der Waals surface area contributed by atoms with Crippen molar-refractivity contribution in [2.75, 3.05) is 6.54 Å². The van der Waals surface area contributed by atoms with Crippen LogP contribution in [0, 0.1) is 5.92 Å². The van der Waals surface area contributed by atoms with Crippen molar-refractivity contribution in [3.8, 4) is 0 Å². The van der Waals surface area contributed by atoms with Crippen LogP contribution in [-0.4, -0.2) is 46.2 Å². The fraction of sp³-hybridized carbons (Fsp3) is 0.500. The number of likely N-dealkylation sites (tertiary alicyclic amines) is 1. The molecule has 0 saturated carbocycles. The fourth-order valence-corrected chi connectivity index (χ4v) is 2.89. The molecule has 3 unspecified atom stereocenters. The lowest BCUT2D eigenvalue weighted by atomic mass is 9.85. The number of carbonyl (C=O) groups excluding carboxylic acids is 2. The Morgan fingerprint density at radius 2 is 1.96 bits per heavy atom. The van der Waals surface area contributed by atoms with Crippen LogP contribution in [0.2, 0.25) is 0 Å². The van der Waals surface area contributed by atoms with Crippen LogP contribution in [0.1, 0.15) is 39.7 Å². The van der Waals surface area contributed by atoms with E-state index in [1.165, 1.54) is 4.90 Å². The summed E-state index contributed by atoms with van der Waals surface area (Å²) < 4.78 is 5.36. The van der Waals surface area contributed by atoms with E-state index < -0.39 is 29.8 Å². The highest BCUT2D eigenvalue weighted by Crippen LogP contribution is 2.25. The normalized spacial score (nSPS) is 22.9. The molecule has 1 N–H and O–H groups in total. The van der Waals surface area contributed by atoms with Crippen molar-refractivity contribution in [3.63, 3.8) is 0 Å².